The number of nitrogens with one attached hydrogen (secondary N) is 1. The first kappa shape index (κ1) is 23.2. The highest BCUT2D eigenvalue weighted by Crippen LogP contribution is 2.34. The first-order valence-corrected chi connectivity index (χ1v) is 13.2. The Bertz CT molecular complexity index is 1520. The lowest BCUT2D eigenvalue weighted by Gasteiger charge is -2.12. The van der Waals surface area contributed by atoms with Crippen LogP contribution in [-0.4, -0.2) is 26.0 Å². The predicted molar refractivity (Wildman–Crippen MR) is 136 cm³/mol. The number of aromatic nitrogens is 1. The van der Waals surface area contributed by atoms with Crippen LogP contribution in [0.25, 0.3) is 10.9 Å². The number of sulfonamides is 1. The number of amides is 1. The first-order chi connectivity index (χ1) is 16.9. The van der Waals surface area contributed by atoms with Gasteiger partial charge < -0.3 is 9.30 Å². The van der Waals surface area contributed by atoms with Crippen LogP contribution in [0.5, 0.6) is 5.75 Å². The molecule has 0 spiro atoms. The van der Waals surface area contributed by atoms with Crippen molar-refractivity contribution in [3.05, 3.63) is 95.2 Å². The van der Waals surface area contributed by atoms with Crippen LogP contribution in [0.15, 0.2) is 77.8 Å². The highest BCUT2D eigenvalue weighted by atomic mass is 32.2. The Morgan fingerprint density at radius 3 is 2.51 bits per heavy atom. The molecule has 7 heteroatoms. The molecule has 0 radical (unpaired) electrons. The molecular weight excluding hydrogens is 460 g/mol. The lowest BCUT2D eigenvalue weighted by molar-refractivity contribution is 0.0981. The maximum Gasteiger partial charge on any atom is 0.265 e. The number of fused-ring (bicyclic) bond motifs is 1. The summed E-state index contributed by atoms with van der Waals surface area (Å²) in [5, 5.41) is 1.21. The summed E-state index contributed by atoms with van der Waals surface area (Å²) < 4.78 is 35.6. The second-order valence-corrected chi connectivity index (χ2v) is 10.8. The van der Waals surface area contributed by atoms with E-state index < -0.39 is 15.9 Å². The van der Waals surface area contributed by atoms with E-state index in [1.807, 2.05) is 12.1 Å². The quantitative estimate of drug-likeness (QED) is 0.375. The van der Waals surface area contributed by atoms with Gasteiger partial charge in [-0.25, -0.2) is 13.1 Å². The zero-order valence-electron chi connectivity index (χ0n) is 19.8. The van der Waals surface area contributed by atoms with E-state index in [2.05, 4.69) is 33.7 Å². The van der Waals surface area contributed by atoms with Gasteiger partial charge >= 0.3 is 0 Å². The van der Waals surface area contributed by atoms with Crippen LogP contribution in [0.1, 0.15) is 39.9 Å². The fourth-order valence-electron chi connectivity index (χ4n) is 4.52. The smallest absolute Gasteiger partial charge is 0.265 e. The fraction of sp³-hybridized carbons (Fsp3) is 0.250. The highest BCUT2D eigenvalue weighted by molar-refractivity contribution is 7.90. The van der Waals surface area contributed by atoms with Gasteiger partial charge in [0.1, 0.15) is 5.75 Å². The van der Waals surface area contributed by atoms with Crippen molar-refractivity contribution in [1.29, 1.82) is 0 Å². The molecular formula is C28H28N2O4S. The molecule has 1 N–H and O–H groups in total. The number of ether oxygens (including phenoxy) is 1. The van der Waals surface area contributed by atoms with Gasteiger partial charge in [-0.05, 0) is 66.6 Å². The number of nitrogens with zero attached hydrogens (tertiary/aromatic N) is 1. The van der Waals surface area contributed by atoms with E-state index in [0.717, 1.165) is 18.0 Å². The molecule has 1 amide bonds. The zero-order chi connectivity index (χ0) is 24.6. The molecule has 1 saturated carbocycles. The molecule has 0 atom stereocenters. The number of carbonyl (C=O) groups excluding carboxylic acids is 1. The average molecular weight is 489 g/mol. The minimum Gasteiger partial charge on any atom is -0.496 e. The van der Waals surface area contributed by atoms with Crippen molar-refractivity contribution in [3.8, 4) is 5.75 Å². The SMILES string of the molecule is COc1cc(C(=O)NS(=O)(=O)c2ccccc2C)ccc1Cc1cn(CC2CC2)c2ccccc12. The van der Waals surface area contributed by atoms with Gasteiger partial charge in [0, 0.05) is 35.6 Å². The van der Waals surface area contributed by atoms with Crippen molar-refractivity contribution in [2.75, 3.05) is 7.11 Å². The van der Waals surface area contributed by atoms with Gasteiger partial charge in [-0.3, -0.25) is 4.79 Å². The van der Waals surface area contributed by atoms with Gasteiger partial charge in [-0.2, -0.15) is 0 Å². The molecule has 0 bridgehead atoms. The molecule has 3 aromatic carbocycles. The zero-order valence-corrected chi connectivity index (χ0v) is 20.6. The van der Waals surface area contributed by atoms with E-state index in [1.54, 1.807) is 44.4 Å². The van der Waals surface area contributed by atoms with E-state index >= 15 is 0 Å². The molecule has 180 valence electrons. The summed E-state index contributed by atoms with van der Waals surface area (Å²) in [6.07, 6.45) is 5.44. The Hall–Kier alpha value is -3.58. The molecule has 35 heavy (non-hydrogen) atoms. The van der Waals surface area contributed by atoms with Crippen LogP contribution in [0.4, 0.5) is 0 Å². The average Bonchev–Trinajstić information content (AvgIpc) is 3.60. The van der Waals surface area contributed by atoms with Crippen LogP contribution in [0.2, 0.25) is 0 Å². The summed E-state index contributed by atoms with van der Waals surface area (Å²) in [4.78, 5) is 12.9. The largest absolute Gasteiger partial charge is 0.496 e. The van der Waals surface area contributed by atoms with E-state index in [1.165, 1.54) is 35.4 Å². The molecule has 0 saturated heterocycles. The summed E-state index contributed by atoms with van der Waals surface area (Å²) in [7, 11) is -2.43. The second-order valence-electron chi connectivity index (χ2n) is 9.17. The number of methoxy groups -OCH3 is 1. The van der Waals surface area contributed by atoms with Crippen molar-refractivity contribution in [2.24, 2.45) is 5.92 Å². The minimum atomic E-state index is -3.99. The summed E-state index contributed by atoms with van der Waals surface area (Å²) in [6.45, 7) is 2.73. The van der Waals surface area contributed by atoms with Crippen molar-refractivity contribution in [2.45, 2.75) is 37.6 Å². The second kappa shape index (κ2) is 9.23. The molecule has 1 aliphatic carbocycles. The Balaban J connectivity index is 1.40. The topological polar surface area (TPSA) is 77.4 Å². The number of rotatable bonds is 8. The van der Waals surface area contributed by atoms with Gasteiger partial charge in [0.25, 0.3) is 15.9 Å². The van der Waals surface area contributed by atoms with Crippen LogP contribution in [0.3, 0.4) is 0 Å². The Morgan fingerprint density at radius 1 is 1.03 bits per heavy atom. The standard InChI is InChI=1S/C28H28N2O4S/c1-19-7-3-6-10-27(19)35(32,33)29-28(31)22-14-13-21(26(16-22)34-2)15-23-18-30(17-20-11-12-20)25-9-5-4-8-24(23)25/h3-10,13-14,16,18,20H,11-12,15,17H2,1-2H3,(H,29,31). The Labute approximate surface area is 205 Å². The monoisotopic (exact) mass is 488 g/mol. The normalized spacial score (nSPS) is 13.7. The Morgan fingerprint density at radius 2 is 1.77 bits per heavy atom. The highest BCUT2D eigenvalue weighted by Gasteiger charge is 2.24. The van der Waals surface area contributed by atoms with Crippen LogP contribution in [-0.2, 0) is 23.0 Å². The molecule has 5 rings (SSSR count). The van der Waals surface area contributed by atoms with Gasteiger partial charge in [-0.15, -0.1) is 0 Å². The number of para-hydroxylation sites is 1. The summed E-state index contributed by atoms with van der Waals surface area (Å²) in [5.41, 5.74) is 4.14. The third kappa shape index (κ3) is 4.82. The van der Waals surface area contributed by atoms with Crippen molar-refractivity contribution in [3.63, 3.8) is 0 Å². The fourth-order valence-corrected chi connectivity index (χ4v) is 5.75. The number of benzene rings is 3. The lowest BCUT2D eigenvalue weighted by Crippen LogP contribution is -2.31. The Kier molecular flexibility index (Phi) is 6.11. The maximum atomic E-state index is 12.8. The maximum absolute atomic E-state index is 12.8. The van der Waals surface area contributed by atoms with E-state index in [0.29, 0.717) is 17.7 Å². The third-order valence-electron chi connectivity index (χ3n) is 6.56. The number of aryl methyl sites for hydroxylation is 1. The summed E-state index contributed by atoms with van der Waals surface area (Å²) in [5.74, 6) is 0.617. The molecule has 1 aliphatic rings. The first-order valence-electron chi connectivity index (χ1n) is 11.7. The number of hydrogen-bond donors (Lipinski definition) is 1. The van der Waals surface area contributed by atoms with Crippen molar-refractivity contribution >= 4 is 26.8 Å². The van der Waals surface area contributed by atoms with Crippen molar-refractivity contribution < 1.29 is 17.9 Å². The molecule has 1 heterocycles. The molecule has 4 aromatic rings. The van der Waals surface area contributed by atoms with Gasteiger partial charge in [0.15, 0.2) is 0 Å². The molecule has 6 nitrogen and oxygen atoms in total. The van der Waals surface area contributed by atoms with E-state index in [4.69, 9.17) is 4.74 Å². The lowest BCUT2D eigenvalue weighted by atomic mass is 10.0. The van der Waals surface area contributed by atoms with E-state index in [-0.39, 0.29) is 10.5 Å². The van der Waals surface area contributed by atoms with Crippen molar-refractivity contribution in [1.82, 2.24) is 9.29 Å². The predicted octanol–water partition coefficient (Wildman–Crippen LogP) is 5.08. The van der Waals surface area contributed by atoms with Crippen LogP contribution >= 0.6 is 0 Å². The molecule has 0 unspecified atom stereocenters. The van der Waals surface area contributed by atoms with E-state index in [9.17, 15) is 13.2 Å². The molecule has 1 fully saturated rings. The summed E-state index contributed by atoms with van der Waals surface area (Å²) >= 11 is 0. The third-order valence-corrected chi connectivity index (χ3v) is 8.05. The van der Waals surface area contributed by atoms with Crippen LogP contribution < -0.4 is 9.46 Å². The minimum absolute atomic E-state index is 0.0829. The molecule has 0 aliphatic heterocycles. The van der Waals surface area contributed by atoms with Gasteiger partial charge in [0.05, 0.1) is 12.0 Å². The summed E-state index contributed by atoms with van der Waals surface area (Å²) in [6, 6.07) is 20.0. The number of hydrogen-bond acceptors (Lipinski definition) is 4. The molecule has 1 aromatic heterocycles. The number of carbonyl (C=O) groups is 1. The van der Waals surface area contributed by atoms with Gasteiger partial charge in [0.2, 0.25) is 0 Å². The van der Waals surface area contributed by atoms with Gasteiger partial charge in [-0.1, -0.05) is 42.5 Å². The van der Waals surface area contributed by atoms with Crippen LogP contribution in [0, 0.1) is 12.8 Å².